The Morgan fingerprint density at radius 2 is 1.81 bits per heavy atom. The molecule has 0 radical (unpaired) electrons. The minimum absolute atomic E-state index is 0.00239. The highest BCUT2D eigenvalue weighted by atomic mass is 19.4. The number of alkyl halides is 6. The van der Waals surface area contributed by atoms with E-state index in [0.29, 0.717) is 6.42 Å². The highest BCUT2D eigenvalue weighted by Crippen LogP contribution is 2.59. The quantitative estimate of drug-likeness (QED) is 0.621. The minimum atomic E-state index is -4.65. The van der Waals surface area contributed by atoms with Gasteiger partial charge in [0.25, 0.3) is 5.91 Å². The molecule has 36 heavy (non-hydrogen) atoms. The lowest BCUT2D eigenvalue weighted by Gasteiger charge is -2.57. The predicted molar refractivity (Wildman–Crippen MR) is 114 cm³/mol. The number of amides is 1. The smallest absolute Gasteiger partial charge is 0.416 e. The lowest BCUT2D eigenvalue weighted by Crippen LogP contribution is -2.70. The standard InChI is InChI=1S/C23H22F6N4O3/c1-20(15-11-13(4-9-30-15)22(24,25)26)6-2-3-16-31(12-21(7-8-21)23(27,28)29)19(36)17-18(35)14(34)5-10-32(17)33(16)20/h4-5,9-11,16,35H,2-3,6-8,12H2,1H3. The first-order valence-corrected chi connectivity index (χ1v) is 11.4. The number of aromatic nitrogens is 2. The maximum absolute atomic E-state index is 13.8. The number of carbonyl (C=O) groups is 1. The Labute approximate surface area is 200 Å². The van der Waals surface area contributed by atoms with Crippen LogP contribution >= 0.6 is 0 Å². The number of rotatable bonds is 3. The average Bonchev–Trinajstić information content (AvgIpc) is 3.59. The third kappa shape index (κ3) is 3.53. The first kappa shape index (κ1) is 24.4. The number of hydrogen-bond acceptors (Lipinski definition) is 5. The SMILES string of the molecule is CC1(c2cc(C(F)(F)F)ccn2)CCCC2N(CC3(C(F)(F)F)CC3)C(=O)c3c(O)c(=O)ccn3N21. The van der Waals surface area contributed by atoms with Gasteiger partial charge in [0.05, 0.1) is 22.2 Å². The van der Waals surface area contributed by atoms with Gasteiger partial charge in [-0.3, -0.25) is 24.3 Å². The number of fused-ring (bicyclic) bond motifs is 3. The molecule has 2 aromatic rings. The second-order valence-electron chi connectivity index (χ2n) is 9.85. The van der Waals surface area contributed by atoms with Crippen molar-refractivity contribution in [3.8, 4) is 5.75 Å². The number of hydrogen-bond donors (Lipinski definition) is 1. The minimum Gasteiger partial charge on any atom is -0.502 e. The summed E-state index contributed by atoms with van der Waals surface area (Å²) in [6.07, 6.45) is -7.45. The molecule has 3 aliphatic rings. The van der Waals surface area contributed by atoms with Crippen LogP contribution in [0.5, 0.6) is 5.75 Å². The van der Waals surface area contributed by atoms with E-state index >= 15 is 0 Å². The summed E-state index contributed by atoms with van der Waals surface area (Å²) in [5.41, 5.74) is -5.80. The van der Waals surface area contributed by atoms with Crippen LogP contribution in [-0.2, 0) is 11.7 Å². The van der Waals surface area contributed by atoms with Gasteiger partial charge in [0.2, 0.25) is 5.43 Å². The van der Waals surface area contributed by atoms with Gasteiger partial charge in [-0.2, -0.15) is 26.3 Å². The Balaban J connectivity index is 1.69. The average molecular weight is 516 g/mol. The molecule has 1 aliphatic carbocycles. The Kier molecular flexibility index (Phi) is 5.18. The number of aromatic hydroxyl groups is 1. The van der Waals surface area contributed by atoms with Crippen molar-refractivity contribution in [2.24, 2.45) is 5.41 Å². The molecule has 2 atom stereocenters. The summed E-state index contributed by atoms with van der Waals surface area (Å²) in [5, 5.41) is 12.0. The summed E-state index contributed by atoms with van der Waals surface area (Å²) in [5.74, 6) is -1.88. The highest BCUT2D eigenvalue weighted by molar-refractivity contribution is 5.96. The second-order valence-corrected chi connectivity index (χ2v) is 9.85. The normalized spacial score (nSPS) is 25.4. The molecule has 2 unspecified atom stereocenters. The van der Waals surface area contributed by atoms with Gasteiger partial charge in [0.15, 0.2) is 11.4 Å². The Bertz CT molecular complexity index is 1290. The molecule has 2 fully saturated rings. The molecule has 0 aromatic carbocycles. The van der Waals surface area contributed by atoms with E-state index in [9.17, 15) is 41.0 Å². The molecule has 2 aliphatic heterocycles. The fourth-order valence-corrected chi connectivity index (χ4v) is 5.36. The van der Waals surface area contributed by atoms with Gasteiger partial charge < -0.3 is 10.0 Å². The first-order valence-electron chi connectivity index (χ1n) is 11.4. The van der Waals surface area contributed by atoms with Crippen LogP contribution in [0.15, 0.2) is 35.4 Å². The summed E-state index contributed by atoms with van der Waals surface area (Å²) < 4.78 is 83.1. The number of halogens is 6. The summed E-state index contributed by atoms with van der Waals surface area (Å²) >= 11 is 0. The Hall–Kier alpha value is -3.25. The molecule has 2 aromatic heterocycles. The molecule has 1 N–H and O–H groups in total. The van der Waals surface area contributed by atoms with Crippen molar-refractivity contribution in [3.63, 3.8) is 0 Å². The largest absolute Gasteiger partial charge is 0.502 e. The monoisotopic (exact) mass is 516 g/mol. The van der Waals surface area contributed by atoms with Gasteiger partial charge in [-0.25, -0.2) is 0 Å². The fourth-order valence-electron chi connectivity index (χ4n) is 5.36. The number of carbonyl (C=O) groups excluding carboxylic acids is 1. The molecule has 7 nitrogen and oxygen atoms in total. The van der Waals surface area contributed by atoms with Crippen LogP contribution in [0.3, 0.4) is 0 Å². The third-order valence-electron chi connectivity index (χ3n) is 7.59. The van der Waals surface area contributed by atoms with Crippen LogP contribution in [0.4, 0.5) is 26.3 Å². The van der Waals surface area contributed by atoms with Gasteiger partial charge in [-0.1, -0.05) is 0 Å². The fraction of sp³-hybridized carbons (Fsp3) is 0.522. The molecular formula is C23H22F6N4O3. The maximum Gasteiger partial charge on any atom is 0.416 e. The van der Waals surface area contributed by atoms with Gasteiger partial charge in [0, 0.05) is 25.0 Å². The lowest BCUT2D eigenvalue weighted by atomic mass is 9.83. The second kappa shape index (κ2) is 7.62. The first-order chi connectivity index (χ1) is 16.7. The van der Waals surface area contributed by atoms with Gasteiger partial charge in [-0.05, 0) is 51.2 Å². The summed E-state index contributed by atoms with van der Waals surface area (Å²) in [6.45, 7) is 0.899. The Morgan fingerprint density at radius 3 is 2.42 bits per heavy atom. The summed E-state index contributed by atoms with van der Waals surface area (Å²) in [6, 6.07) is 2.69. The molecule has 13 heteroatoms. The van der Waals surface area contributed by atoms with Crippen LogP contribution in [0.1, 0.15) is 60.8 Å². The van der Waals surface area contributed by atoms with Gasteiger partial charge in [-0.15, -0.1) is 0 Å². The van der Waals surface area contributed by atoms with Crippen molar-refractivity contribution in [1.82, 2.24) is 14.6 Å². The number of pyridine rings is 2. The third-order valence-corrected chi connectivity index (χ3v) is 7.59. The number of piperidine rings is 1. The summed E-state index contributed by atoms with van der Waals surface area (Å²) in [7, 11) is 0. The van der Waals surface area contributed by atoms with Crippen molar-refractivity contribution >= 4 is 5.91 Å². The van der Waals surface area contributed by atoms with E-state index in [4.69, 9.17) is 0 Å². The molecule has 0 bridgehead atoms. The lowest BCUT2D eigenvalue weighted by molar-refractivity contribution is -0.192. The van der Waals surface area contributed by atoms with E-state index in [2.05, 4.69) is 4.98 Å². The van der Waals surface area contributed by atoms with Crippen molar-refractivity contribution in [2.75, 3.05) is 11.6 Å². The van der Waals surface area contributed by atoms with E-state index in [1.165, 1.54) is 15.9 Å². The van der Waals surface area contributed by atoms with E-state index in [1.54, 1.807) is 6.92 Å². The van der Waals surface area contributed by atoms with E-state index in [0.717, 1.165) is 29.3 Å². The molecular weight excluding hydrogens is 494 g/mol. The zero-order valence-electron chi connectivity index (χ0n) is 19.0. The van der Waals surface area contributed by atoms with E-state index in [1.807, 2.05) is 0 Å². The van der Waals surface area contributed by atoms with Crippen molar-refractivity contribution in [2.45, 2.75) is 63.1 Å². The van der Waals surface area contributed by atoms with Crippen LogP contribution in [-0.4, -0.2) is 44.5 Å². The molecule has 194 valence electrons. The zero-order valence-corrected chi connectivity index (χ0v) is 19.0. The van der Waals surface area contributed by atoms with E-state index < -0.39 is 64.4 Å². The van der Waals surface area contributed by atoms with Crippen LogP contribution in [0.25, 0.3) is 0 Å². The highest BCUT2D eigenvalue weighted by Gasteiger charge is 2.65. The molecule has 1 saturated carbocycles. The molecule has 1 saturated heterocycles. The molecule has 0 spiro atoms. The predicted octanol–water partition coefficient (Wildman–Crippen LogP) is 4.13. The summed E-state index contributed by atoms with van der Waals surface area (Å²) in [4.78, 5) is 30.8. The van der Waals surface area contributed by atoms with Crippen LogP contribution in [0.2, 0.25) is 0 Å². The number of nitrogens with zero attached hydrogens (tertiary/aromatic N) is 4. The van der Waals surface area contributed by atoms with E-state index in [-0.39, 0.29) is 31.4 Å². The van der Waals surface area contributed by atoms with Crippen molar-refractivity contribution in [1.29, 1.82) is 0 Å². The van der Waals surface area contributed by atoms with Crippen molar-refractivity contribution in [3.05, 3.63) is 57.8 Å². The van der Waals surface area contributed by atoms with Crippen LogP contribution < -0.4 is 10.4 Å². The van der Waals surface area contributed by atoms with Gasteiger partial charge in [0.1, 0.15) is 6.17 Å². The molecule has 1 amide bonds. The Morgan fingerprint density at radius 1 is 1.11 bits per heavy atom. The topological polar surface area (TPSA) is 78.7 Å². The van der Waals surface area contributed by atoms with Crippen LogP contribution in [0, 0.1) is 5.41 Å². The molecule has 4 heterocycles. The maximum atomic E-state index is 13.8. The van der Waals surface area contributed by atoms with Crippen molar-refractivity contribution < 1.29 is 36.2 Å². The molecule has 5 rings (SSSR count). The van der Waals surface area contributed by atoms with Gasteiger partial charge >= 0.3 is 12.4 Å². The zero-order chi connectivity index (χ0) is 26.3.